The number of rotatable bonds is 5. The van der Waals surface area contributed by atoms with E-state index < -0.39 is 28.9 Å². The van der Waals surface area contributed by atoms with Crippen LogP contribution in [-0.4, -0.2) is 26.8 Å². The summed E-state index contributed by atoms with van der Waals surface area (Å²) in [6, 6.07) is 13.6. The van der Waals surface area contributed by atoms with E-state index in [1.165, 1.54) is 24.3 Å². The number of H-pyrrole nitrogens is 1. The van der Waals surface area contributed by atoms with Crippen LogP contribution in [0.25, 0.3) is 0 Å². The van der Waals surface area contributed by atoms with Gasteiger partial charge in [-0.25, -0.2) is 14.6 Å². The van der Waals surface area contributed by atoms with Crippen LogP contribution in [0.3, 0.4) is 0 Å². The molecule has 0 saturated carbocycles. The van der Waals surface area contributed by atoms with E-state index in [1.807, 2.05) is 0 Å². The molecule has 1 amide bonds. The number of hydrogen-bond donors (Lipinski definition) is 3. The highest BCUT2D eigenvalue weighted by molar-refractivity contribution is 5.94. The summed E-state index contributed by atoms with van der Waals surface area (Å²) in [5.74, 6) is -1.58. The normalized spacial score (nSPS) is 10.9. The van der Waals surface area contributed by atoms with E-state index in [0.29, 0.717) is 11.1 Å². The van der Waals surface area contributed by atoms with Crippen LogP contribution in [0, 0.1) is 5.82 Å². The first kappa shape index (κ1) is 18.8. The molecule has 0 radical (unpaired) electrons. The molecular weight excluding hydrogens is 367 g/mol. The number of nitrogens with zero attached hydrogens (tertiary/aromatic N) is 2. The molecule has 0 unspecified atom stereocenters. The van der Waals surface area contributed by atoms with Gasteiger partial charge in [0.25, 0.3) is 11.5 Å². The minimum Gasteiger partial charge on any atom is -0.494 e. The van der Waals surface area contributed by atoms with Gasteiger partial charge in [0.15, 0.2) is 0 Å². The molecule has 2 aromatic carbocycles. The van der Waals surface area contributed by atoms with Gasteiger partial charge in [-0.3, -0.25) is 19.1 Å². The van der Waals surface area contributed by atoms with Crippen LogP contribution in [0.5, 0.6) is 5.88 Å². The Bertz CT molecular complexity index is 1140. The van der Waals surface area contributed by atoms with E-state index >= 15 is 0 Å². The smallest absolute Gasteiger partial charge is 0.331 e. The second-order valence-electron chi connectivity index (χ2n) is 5.77. The fourth-order valence-corrected chi connectivity index (χ4v) is 2.42. The highest BCUT2D eigenvalue weighted by atomic mass is 19.1. The number of aromatic hydroxyl groups is 1. The van der Waals surface area contributed by atoms with Gasteiger partial charge in [-0.2, -0.15) is 5.10 Å². The van der Waals surface area contributed by atoms with E-state index in [0.717, 1.165) is 10.8 Å². The third kappa shape index (κ3) is 4.21. The van der Waals surface area contributed by atoms with Crippen LogP contribution in [0.2, 0.25) is 0 Å². The SMILES string of the molecule is O=C(NN=Cc1c(O)n(Cc2ccc(F)cc2)c(=O)[nH]c1=O)c1ccccc1. The second kappa shape index (κ2) is 8.12. The number of carbonyl (C=O) groups is 1. The zero-order valence-electron chi connectivity index (χ0n) is 14.4. The number of aromatic nitrogens is 2. The van der Waals surface area contributed by atoms with Gasteiger partial charge in [-0.15, -0.1) is 0 Å². The molecule has 1 heterocycles. The van der Waals surface area contributed by atoms with Gasteiger partial charge >= 0.3 is 5.69 Å². The molecule has 0 saturated heterocycles. The van der Waals surface area contributed by atoms with E-state index in [1.54, 1.807) is 30.3 Å². The van der Waals surface area contributed by atoms with Gasteiger partial charge in [-0.05, 0) is 29.8 Å². The van der Waals surface area contributed by atoms with E-state index in [9.17, 15) is 23.9 Å². The lowest BCUT2D eigenvalue weighted by molar-refractivity contribution is 0.0955. The first-order valence-electron chi connectivity index (χ1n) is 8.14. The Balaban J connectivity index is 1.85. The molecule has 0 fully saturated rings. The predicted molar refractivity (Wildman–Crippen MR) is 100.0 cm³/mol. The van der Waals surface area contributed by atoms with Crippen molar-refractivity contribution in [2.75, 3.05) is 0 Å². The van der Waals surface area contributed by atoms with Crippen LogP contribution in [-0.2, 0) is 6.54 Å². The largest absolute Gasteiger partial charge is 0.494 e. The van der Waals surface area contributed by atoms with Crippen molar-refractivity contribution < 1.29 is 14.3 Å². The van der Waals surface area contributed by atoms with Crippen molar-refractivity contribution in [3.8, 4) is 5.88 Å². The number of carbonyl (C=O) groups excluding carboxylic acids is 1. The molecule has 142 valence electrons. The minimum atomic E-state index is -0.865. The minimum absolute atomic E-state index is 0.0983. The maximum atomic E-state index is 13.0. The summed E-state index contributed by atoms with van der Waals surface area (Å²) < 4.78 is 13.9. The standard InChI is InChI=1S/C19H15FN4O4/c20-14-8-6-12(7-9-14)11-24-18(27)15(17(26)22-19(24)28)10-21-23-16(25)13-4-2-1-3-5-13/h1-10,27H,11H2,(H,23,25)(H,22,26,28). The number of halogens is 1. The van der Waals surface area contributed by atoms with Crippen LogP contribution in [0.1, 0.15) is 21.5 Å². The molecule has 3 rings (SSSR count). The second-order valence-corrected chi connectivity index (χ2v) is 5.77. The highest BCUT2D eigenvalue weighted by Gasteiger charge is 2.13. The van der Waals surface area contributed by atoms with Gasteiger partial charge in [0.05, 0.1) is 12.8 Å². The van der Waals surface area contributed by atoms with Crippen molar-refractivity contribution in [2.45, 2.75) is 6.54 Å². The van der Waals surface area contributed by atoms with Gasteiger partial charge in [0.2, 0.25) is 5.88 Å². The Kier molecular flexibility index (Phi) is 5.45. The summed E-state index contributed by atoms with van der Waals surface area (Å²) in [6.45, 7) is -0.0983. The average molecular weight is 382 g/mol. The average Bonchev–Trinajstić information content (AvgIpc) is 2.69. The molecule has 1 aromatic heterocycles. The molecule has 3 N–H and O–H groups in total. The van der Waals surface area contributed by atoms with E-state index in [2.05, 4.69) is 15.5 Å². The topological polar surface area (TPSA) is 117 Å². The summed E-state index contributed by atoms with van der Waals surface area (Å²) in [4.78, 5) is 38.0. The van der Waals surface area contributed by atoms with Crippen molar-refractivity contribution >= 4 is 12.1 Å². The van der Waals surface area contributed by atoms with Crippen molar-refractivity contribution in [3.63, 3.8) is 0 Å². The number of amides is 1. The molecule has 28 heavy (non-hydrogen) atoms. The molecule has 0 atom stereocenters. The van der Waals surface area contributed by atoms with Crippen LogP contribution in [0.15, 0.2) is 69.3 Å². The zero-order valence-corrected chi connectivity index (χ0v) is 14.4. The Morgan fingerprint density at radius 3 is 2.50 bits per heavy atom. The first-order valence-corrected chi connectivity index (χ1v) is 8.14. The van der Waals surface area contributed by atoms with Crippen molar-refractivity contribution in [2.24, 2.45) is 5.10 Å². The highest BCUT2D eigenvalue weighted by Crippen LogP contribution is 2.11. The number of hydrogen-bond acceptors (Lipinski definition) is 5. The number of aromatic amines is 1. The first-order chi connectivity index (χ1) is 13.5. The maximum absolute atomic E-state index is 13.0. The van der Waals surface area contributed by atoms with Gasteiger partial charge < -0.3 is 5.11 Å². The molecule has 8 nitrogen and oxygen atoms in total. The molecule has 0 aliphatic rings. The third-order valence-corrected chi connectivity index (χ3v) is 3.86. The van der Waals surface area contributed by atoms with Crippen molar-refractivity contribution in [3.05, 3.63) is 97.9 Å². The molecular formula is C19H15FN4O4. The summed E-state index contributed by atoms with van der Waals surface area (Å²) in [7, 11) is 0. The summed E-state index contributed by atoms with van der Waals surface area (Å²) in [6.07, 6.45) is 0.940. The lowest BCUT2D eigenvalue weighted by Gasteiger charge is -2.09. The lowest BCUT2D eigenvalue weighted by Crippen LogP contribution is -2.32. The monoisotopic (exact) mass is 382 g/mol. The van der Waals surface area contributed by atoms with Gasteiger partial charge in [-0.1, -0.05) is 30.3 Å². The Labute approximate surface area is 157 Å². The molecule has 0 aliphatic heterocycles. The quantitative estimate of drug-likeness (QED) is 0.454. The number of hydrazone groups is 1. The van der Waals surface area contributed by atoms with Gasteiger partial charge in [0, 0.05) is 5.56 Å². The van der Waals surface area contributed by atoms with E-state index in [-0.39, 0.29) is 12.1 Å². The molecule has 9 heteroatoms. The number of benzene rings is 2. The Morgan fingerprint density at radius 1 is 1.14 bits per heavy atom. The van der Waals surface area contributed by atoms with Crippen LogP contribution in [0.4, 0.5) is 4.39 Å². The van der Waals surface area contributed by atoms with Crippen LogP contribution >= 0.6 is 0 Å². The summed E-state index contributed by atoms with van der Waals surface area (Å²) in [5, 5.41) is 14.0. The fraction of sp³-hybridized carbons (Fsp3) is 0.0526. The van der Waals surface area contributed by atoms with Crippen LogP contribution < -0.4 is 16.7 Å². The van der Waals surface area contributed by atoms with Crippen molar-refractivity contribution in [1.82, 2.24) is 15.0 Å². The number of nitrogens with one attached hydrogen (secondary N) is 2. The molecule has 0 bridgehead atoms. The van der Waals surface area contributed by atoms with Gasteiger partial charge in [0.1, 0.15) is 11.4 Å². The summed E-state index contributed by atoms with van der Waals surface area (Å²) in [5.41, 5.74) is 1.11. The Hall–Kier alpha value is -4.01. The zero-order chi connectivity index (χ0) is 20.1. The summed E-state index contributed by atoms with van der Waals surface area (Å²) >= 11 is 0. The Morgan fingerprint density at radius 2 is 1.82 bits per heavy atom. The van der Waals surface area contributed by atoms with Crippen molar-refractivity contribution in [1.29, 1.82) is 0 Å². The predicted octanol–water partition coefficient (Wildman–Crippen LogP) is 1.19. The maximum Gasteiger partial charge on any atom is 0.331 e. The van der Waals surface area contributed by atoms with E-state index in [4.69, 9.17) is 0 Å². The molecule has 3 aromatic rings. The molecule has 0 spiro atoms. The fourth-order valence-electron chi connectivity index (χ4n) is 2.42. The third-order valence-electron chi connectivity index (χ3n) is 3.86. The molecule has 0 aliphatic carbocycles. The lowest BCUT2D eigenvalue weighted by atomic mass is 10.2.